The molecule has 2 aromatic rings. The molecule has 1 aromatic heterocycles. The van der Waals surface area contributed by atoms with E-state index in [1.54, 1.807) is 0 Å². The molecule has 0 aliphatic rings. The van der Waals surface area contributed by atoms with Gasteiger partial charge in [-0.2, -0.15) is 5.10 Å². The Morgan fingerprint density at radius 2 is 1.81 bits per heavy atom. The number of hydrogen-bond acceptors (Lipinski definition) is 6. The standard InChI is InChI=1S/C11H9N5O5/c1-14-6-9(16(20)21)10(13-14)11(17)12-7-4-2-3-5-8(7)15(18)19/h2-6H,1H3,(H,12,17). The largest absolute Gasteiger partial charge is 0.320 e. The van der Waals surface area contributed by atoms with E-state index in [0.717, 1.165) is 10.9 Å². The minimum atomic E-state index is -0.892. The predicted molar refractivity (Wildman–Crippen MR) is 70.9 cm³/mol. The first-order valence-electron chi connectivity index (χ1n) is 5.63. The fourth-order valence-electron chi connectivity index (χ4n) is 1.69. The molecule has 0 atom stereocenters. The lowest BCUT2D eigenvalue weighted by atomic mass is 10.2. The van der Waals surface area contributed by atoms with Crippen molar-refractivity contribution in [1.82, 2.24) is 9.78 Å². The molecule has 0 saturated heterocycles. The van der Waals surface area contributed by atoms with Crippen molar-refractivity contribution in [2.45, 2.75) is 0 Å². The van der Waals surface area contributed by atoms with E-state index in [9.17, 15) is 25.0 Å². The van der Waals surface area contributed by atoms with Gasteiger partial charge in [-0.3, -0.25) is 29.7 Å². The van der Waals surface area contributed by atoms with Crippen LogP contribution in [-0.4, -0.2) is 25.5 Å². The van der Waals surface area contributed by atoms with Crippen molar-refractivity contribution in [3.63, 3.8) is 0 Å². The lowest BCUT2D eigenvalue weighted by Crippen LogP contribution is -2.15. The number of carbonyl (C=O) groups is 1. The van der Waals surface area contributed by atoms with Crippen LogP contribution in [-0.2, 0) is 7.05 Å². The van der Waals surface area contributed by atoms with Gasteiger partial charge in [-0.25, -0.2) is 0 Å². The zero-order chi connectivity index (χ0) is 15.6. The molecule has 0 aliphatic heterocycles. The fraction of sp³-hybridized carbons (Fsp3) is 0.0909. The number of rotatable bonds is 4. The second-order valence-electron chi connectivity index (χ2n) is 4.02. The minimum Gasteiger partial charge on any atom is -0.315 e. The Morgan fingerprint density at radius 1 is 1.19 bits per heavy atom. The number of para-hydroxylation sites is 2. The van der Waals surface area contributed by atoms with Crippen molar-refractivity contribution in [3.05, 3.63) is 56.4 Å². The van der Waals surface area contributed by atoms with Crippen LogP contribution >= 0.6 is 0 Å². The topological polar surface area (TPSA) is 133 Å². The number of nitro benzene ring substituents is 1. The number of aryl methyl sites for hydroxylation is 1. The van der Waals surface area contributed by atoms with Gasteiger partial charge in [-0.05, 0) is 6.07 Å². The molecule has 1 N–H and O–H groups in total. The van der Waals surface area contributed by atoms with Gasteiger partial charge in [0, 0.05) is 13.1 Å². The van der Waals surface area contributed by atoms with Crippen molar-refractivity contribution in [2.24, 2.45) is 7.05 Å². The van der Waals surface area contributed by atoms with Crippen molar-refractivity contribution < 1.29 is 14.6 Å². The SMILES string of the molecule is Cn1cc([N+](=O)[O-])c(C(=O)Nc2ccccc2[N+](=O)[O-])n1. The average Bonchev–Trinajstić information content (AvgIpc) is 2.81. The van der Waals surface area contributed by atoms with Gasteiger partial charge in [-0.1, -0.05) is 12.1 Å². The number of aromatic nitrogens is 2. The molecule has 2 rings (SSSR count). The van der Waals surface area contributed by atoms with E-state index in [4.69, 9.17) is 0 Å². The molecule has 0 bridgehead atoms. The summed E-state index contributed by atoms with van der Waals surface area (Å²) >= 11 is 0. The number of nitro groups is 2. The van der Waals surface area contributed by atoms with Crippen molar-refractivity contribution in [2.75, 3.05) is 5.32 Å². The highest BCUT2D eigenvalue weighted by Crippen LogP contribution is 2.25. The number of hydrogen-bond donors (Lipinski definition) is 1. The summed E-state index contributed by atoms with van der Waals surface area (Å²) in [5, 5.41) is 27.6. The van der Waals surface area contributed by atoms with Gasteiger partial charge in [0.15, 0.2) is 0 Å². The first-order valence-corrected chi connectivity index (χ1v) is 5.63. The summed E-state index contributed by atoms with van der Waals surface area (Å²) in [7, 11) is 1.43. The number of nitrogens with one attached hydrogen (secondary N) is 1. The summed E-state index contributed by atoms with van der Waals surface area (Å²) in [6.45, 7) is 0. The van der Waals surface area contributed by atoms with Gasteiger partial charge in [0.25, 0.3) is 11.6 Å². The summed E-state index contributed by atoms with van der Waals surface area (Å²) in [5.74, 6) is -0.892. The predicted octanol–water partition coefficient (Wildman–Crippen LogP) is 1.49. The third-order valence-electron chi connectivity index (χ3n) is 2.57. The Kier molecular flexibility index (Phi) is 3.61. The maximum atomic E-state index is 12.0. The van der Waals surface area contributed by atoms with Gasteiger partial charge >= 0.3 is 5.69 Å². The third-order valence-corrected chi connectivity index (χ3v) is 2.57. The van der Waals surface area contributed by atoms with Gasteiger partial charge in [0.2, 0.25) is 5.69 Å². The lowest BCUT2D eigenvalue weighted by Gasteiger charge is -2.03. The van der Waals surface area contributed by atoms with Crippen molar-refractivity contribution >= 4 is 23.0 Å². The van der Waals surface area contributed by atoms with Crippen LogP contribution in [0.4, 0.5) is 17.1 Å². The van der Waals surface area contributed by atoms with Crippen LogP contribution < -0.4 is 5.32 Å². The Morgan fingerprint density at radius 3 is 2.43 bits per heavy atom. The van der Waals surface area contributed by atoms with Crippen LogP contribution in [0.25, 0.3) is 0 Å². The van der Waals surface area contributed by atoms with Crippen LogP contribution in [0, 0.1) is 20.2 Å². The average molecular weight is 291 g/mol. The van der Waals surface area contributed by atoms with Crippen LogP contribution in [0.3, 0.4) is 0 Å². The quantitative estimate of drug-likeness (QED) is 0.670. The number of benzene rings is 1. The lowest BCUT2D eigenvalue weighted by molar-refractivity contribution is -0.385. The smallest absolute Gasteiger partial charge is 0.315 e. The van der Waals surface area contributed by atoms with Gasteiger partial charge in [-0.15, -0.1) is 0 Å². The van der Waals surface area contributed by atoms with E-state index in [1.807, 2.05) is 0 Å². The maximum absolute atomic E-state index is 12.0. The number of amides is 1. The molecule has 21 heavy (non-hydrogen) atoms. The summed E-state index contributed by atoms with van der Waals surface area (Å²) in [5.41, 5.74) is -1.27. The highest BCUT2D eigenvalue weighted by molar-refractivity contribution is 6.06. The molecular weight excluding hydrogens is 282 g/mol. The highest BCUT2D eigenvalue weighted by Gasteiger charge is 2.26. The van der Waals surface area contributed by atoms with E-state index in [-0.39, 0.29) is 11.4 Å². The molecule has 1 amide bonds. The number of carbonyl (C=O) groups excluding carboxylic acids is 1. The van der Waals surface area contributed by atoms with Crippen LogP contribution in [0.15, 0.2) is 30.5 Å². The van der Waals surface area contributed by atoms with Crippen molar-refractivity contribution in [3.8, 4) is 0 Å². The highest BCUT2D eigenvalue weighted by atomic mass is 16.6. The molecule has 10 nitrogen and oxygen atoms in total. The number of nitrogens with zero attached hydrogens (tertiary/aromatic N) is 4. The molecule has 0 unspecified atom stereocenters. The normalized spacial score (nSPS) is 10.1. The molecule has 0 aliphatic carbocycles. The first-order chi connectivity index (χ1) is 9.90. The van der Waals surface area contributed by atoms with E-state index in [0.29, 0.717) is 0 Å². The molecule has 108 valence electrons. The molecular formula is C11H9N5O5. The first kappa shape index (κ1) is 14.1. The summed E-state index contributed by atoms with van der Waals surface area (Å²) < 4.78 is 1.12. The maximum Gasteiger partial charge on any atom is 0.320 e. The molecule has 1 aromatic carbocycles. The molecule has 0 saturated carbocycles. The minimum absolute atomic E-state index is 0.0625. The van der Waals surface area contributed by atoms with Gasteiger partial charge in [0.1, 0.15) is 11.9 Å². The van der Waals surface area contributed by atoms with Gasteiger partial charge in [0.05, 0.1) is 9.85 Å². The molecule has 0 fully saturated rings. The third kappa shape index (κ3) is 2.83. The number of anilines is 1. The summed E-state index contributed by atoms with van der Waals surface area (Å²) in [6, 6.07) is 5.47. The fourth-order valence-corrected chi connectivity index (χ4v) is 1.69. The summed E-state index contributed by atoms with van der Waals surface area (Å²) in [6.07, 6.45) is 1.08. The van der Waals surface area contributed by atoms with Crippen LogP contribution in [0.5, 0.6) is 0 Å². The second kappa shape index (κ2) is 5.36. The van der Waals surface area contributed by atoms with Crippen LogP contribution in [0.1, 0.15) is 10.5 Å². The van der Waals surface area contributed by atoms with E-state index < -0.39 is 27.1 Å². The monoisotopic (exact) mass is 291 g/mol. The van der Waals surface area contributed by atoms with E-state index in [1.165, 1.54) is 31.3 Å². The van der Waals surface area contributed by atoms with Crippen molar-refractivity contribution in [1.29, 1.82) is 0 Å². The van der Waals surface area contributed by atoms with Gasteiger partial charge < -0.3 is 5.32 Å². The van der Waals surface area contributed by atoms with E-state index in [2.05, 4.69) is 10.4 Å². The zero-order valence-electron chi connectivity index (χ0n) is 10.7. The zero-order valence-corrected chi connectivity index (χ0v) is 10.7. The Bertz CT molecular complexity index is 738. The Balaban J connectivity index is 2.35. The molecule has 10 heteroatoms. The van der Waals surface area contributed by atoms with E-state index >= 15 is 0 Å². The van der Waals surface area contributed by atoms with Crippen LogP contribution in [0.2, 0.25) is 0 Å². The molecule has 0 spiro atoms. The Labute approximate surface area is 117 Å². The molecule has 0 radical (unpaired) electrons. The second-order valence-corrected chi connectivity index (χ2v) is 4.02. The summed E-state index contributed by atoms with van der Waals surface area (Å²) in [4.78, 5) is 32.3. The Hall–Kier alpha value is -3.30. The molecule has 1 heterocycles.